The number of hydrogen-bond acceptors (Lipinski definition) is 4. The maximum Gasteiger partial charge on any atom is 0.260 e. The van der Waals surface area contributed by atoms with E-state index in [1.54, 1.807) is 29.2 Å². The van der Waals surface area contributed by atoms with E-state index in [9.17, 15) is 14.4 Å². The molecule has 2 aromatic carbocycles. The summed E-state index contributed by atoms with van der Waals surface area (Å²) >= 11 is 0. The van der Waals surface area contributed by atoms with Gasteiger partial charge in [0, 0.05) is 44.6 Å². The summed E-state index contributed by atoms with van der Waals surface area (Å²) in [6.07, 6.45) is 2.72. The van der Waals surface area contributed by atoms with Gasteiger partial charge in [-0.25, -0.2) is 0 Å². The van der Waals surface area contributed by atoms with Crippen LogP contribution in [0.1, 0.15) is 42.1 Å². The Bertz CT molecular complexity index is 872. The van der Waals surface area contributed by atoms with Gasteiger partial charge in [0.15, 0.2) is 12.4 Å². The number of ketones is 1. The predicted molar refractivity (Wildman–Crippen MR) is 119 cm³/mol. The third-order valence-corrected chi connectivity index (χ3v) is 5.54. The Morgan fingerprint density at radius 1 is 0.839 bits per heavy atom. The average Bonchev–Trinajstić information content (AvgIpc) is 2.83. The molecule has 0 atom stereocenters. The molecule has 1 saturated heterocycles. The van der Waals surface area contributed by atoms with Crippen LogP contribution in [0, 0.1) is 0 Å². The molecule has 0 spiro atoms. The summed E-state index contributed by atoms with van der Waals surface area (Å²) in [4.78, 5) is 40.1. The third-order valence-electron chi connectivity index (χ3n) is 5.54. The average molecular weight is 423 g/mol. The fourth-order valence-corrected chi connectivity index (χ4v) is 3.63. The molecule has 0 unspecified atom stereocenters. The molecule has 6 nitrogen and oxygen atoms in total. The highest BCUT2D eigenvalue weighted by Crippen LogP contribution is 2.14. The number of ether oxygens (including phenoxy) is 1. The van der Waals surface area contributed by atoms with Gasteiger partial charge in [0.2, 0.25) is 5.91 Å². The van der Waals surface area contributed by atoms with Crippen molar-refractivity contribution in [3.63, 3.8) is 0 Å². The molecule has 3 rings (SSSR count). The summed E-state index contributed by atoms with van der Waals surface area (Å²) in [7, 11) is 0. The number of hydrogen-bond donors (Lipinski definition) is 0. The molecule has 0 aromatic heterocycles. The lowest BCUT2D eigenvalue weighted by atomic mass is 10.1. The zero-order chi connectivity index (χ0) is 22.1. The molecule has 31 heavy (non-hydrogen) atoms. The van der Waals surface area contributed by atoms with Gasteiger partial charge in [0.1, 0.15) is 5.75 Å². The van der Waals surface area contributed by atoms with Crippen molar-refractivity contribution >= 4 is 17.6 Å². The van der Waals surface area contributed by atoms with E-state index in [2.05, 4.69) is 12.1 Å². The number of aryl methyl sites for hydroxylation is 1. The first-order valence-electron chi connectivity index (χ1n) is 10.9. The lowest BCUT2D eigenvalue weighted by Gasteiger charge is -2.34. The zero-order valence-electron chi connectivity index (χ0n) is 18.1. The molecule has 1 aliphatic rings. The predicted octanol–water partition coefficient (Wildman–Crippen LogP) is 3.35. The molecule has 1 fully saturated rings. The number of rotatable bonds is 9. The number of carbonyl (C=O) groups is 3. The van der Waals surface area contributed by atoms with Crippen LogP contribution in [-0.4, -0.2) is 60.2 Å². The van der Waals surface area contributed by atoms with Crippen LogP contribution in [0.3, 0.4) is 0 Å². The first-order chi connectivity index (χ1) is 15.1. The SMILES string of the molecule is CCC(=O)c1ccc(OCC(=O)N2CCN(C(=O)CCCc3ccccc3)CC2)cc1. The maximum absolute atomic E-state index is 12.4. The van der Waals surface area contributed by atoms with E-state index in [0.717, 1.165) is 12.8 Å². The first-order valence-corrected chi connectivity index (χ1v) is 10.9. The Kier molecular flexibility index (Phi) is 8.21. The second-order valence-corrected chi connectivity index (χ2v) is 7.69. The Hall–Kier alpha value is -3.15. The number of Topliss-reactive ketones (excluding diaryl/α,β-unsaturated/α-hetero) is 1. The number of amides is 2. The monoisotopic (exact) mass is 422 g/mol. The van der Waals surface area contributed by atoms with Crippen molar-refractivity contribution in [1.82, 2.24) is 9.80 Å². The summed E-state index contributed by atoms with van der Waals surface area (Å²) in [6, 6.07) is 17.0. The lowest BCUT2D eigenvalue weighted by Crippen LogP contribution is -2.51. The molecule has 1 heterocycles. The van der Waals surface area contributed by atoms with Gasteiger partial charge in [-0.15, -0.1) is 0 Å². The molecule has 1 aliphatic heterocycles. The van der Waals surface area contributed by atoms with E-state index >= 15 is 0 Å². The highest BCUT2D eigenvalue weighted by molar-refractivity contribution is 5.95. The largest absolute Gasteiger partial charge is 0.484 e. The van der Waals surface area contributed by atoms with Gasteiger partial charge in [-0.2, -0.15) is 0 Å². The van der Waals surface area contributed by atoms with E-state index in [1.165, 1.54) is 5.56 Å². The minimum Gasteiger partial charge on any atom is -0.484 e. The fourth-order valence-electron chi connectivity index (χ4n) is 3.63. The van der Waals surface area contributed by atoms with E-state index < -0.39 is 0 Å². The standard InChI is InChI=1S/C25H30N2O4/c1-2-23(28)21-11-13-22(14-12-21)31-19-25(30)27-17-15-26(16-18-27)24(29)10-6-9-20-7-4-3-5-8-20/h3-5,7-8,11-14H,2,6,9-10,15-19H2,1H3. The van der Waals surface area contributed by atoms with Gasteiger partial charge < -0.3 is 14.5 Å². The second kappa shape index (κ2) is 11.3. The van der Waals surface area contributed by atoms with Crippen molar-refractivity contribution in [2.45, 2.75) is 32.6 Å². The van der Waals surface area contributed by atoms with Crippen LogP contribution in [0.25, 0.3) is 0 Å². The summed E-state index contributed by atoms with van der Waals surface area (Å²) in [5, 5.41) is 0. The van der Waals surface area contributed by atoms with E-state index in [4.69, 9.17) is 4.74 Å². The lowest BCUT2D eigenvalue weighted by molar-refractivity contribution is -0.140. The molecule has 6 heteroatoms. The maximum atomic E-state index is 12.4. The molecule has 0 N–H and O–H groups in total. The summed E-state index contributed by atoms with van der Waals surface area (Å²) in [6.45, 7) is 3.94. The van der Waals surface area contributed by atoms with Crippen LogP contribution in [0.15, 0.2) is 54.6 Å². The Labute approximate surface area is 183 Å². The Balaban J connectivity index is 1.36. The second-order valence-electron chi connectivity index (χ2n) is 7.69. The topological polar surface area (TPSA) is 66.9 Å². The smallest absolute Gasteiger partial charge is 0.260 e. The quantitative estimate of drug-likeness (QED) is 0.581. The third kappa shape index (κ3) is 6.67. The van der Waals surface area contributed by atoms with Gasteiger partial charge in [0.25, 0.3) is 5.91 Å². The minimum atomic E-state index is -0.0927. The van der Waals surface area contributed by atoms with Crippen LogP contribution in [0.2, 0.25) is 0 Å². The molecule has 0 aliphatic carbocycles. The van der Waals surface area contributed by atoms with E-state index in [0.29, 0.717) is 50.3 Å². The van der Waals surface area contributed by atoms with Crippen LogP contribution in [0.4, 0.5) is 0 Å². The zero-order valence-corrected chi connectivity index (χ0v) is 18.1. The van der Waals surface area contributed by atoms with Crippen molar-refractivity contribution in [2.24, 2.45) is 0 Å². The van der Waals surface area contributed by atoms with Crippen molar-refractivity contribution in [1.29, 1.82) is 0 Å². The Morgan fingerprint density at radius 3 is 2.06 bits per heavy atom. The van der Waals surface area contributed by atoms with Crippen LogP contribution >= 0.6 is 0 Å². The van der Waals surface area contributed by atoms with Gasteiger partial charge in [-0.05, 0) is 42.7 Å². The van der Waals surface area contributed by atoms with Crippen LogP contribution < -0.4 is 4.74 Å². The van der Waals surface area contributed by atoms with Gasteiger partial charge >= 0.3 is 0 Å². The number of nitrogens with zero attached hydrogens (tertiary/aromatic N) is 2. The molecular formula is C25H30N2O4. The summed E-state index contributed by atoms with van der Waals surface area (Å²) < 4.78 is 5.58. The minimum absolute atomic E-state index is 0.0495. The molecule has 164 valence electrons. The van der Waals surface area contributed by atoms with Crippen molar-refractivity contribution in [2.75, 3.05) is 32.8 Å². The van der Waals surface area contributed by atoms with Crippen molar-refractivity contribution < 1.29 is 19.1 Å². The highest BCUT2D eigenvalue weighted by Gasteiger charge is 2.24. The molecule has 0 bridgehead atoms. The number of piperazine rings is 1. The molecule has 2 amide bonds. The highest BCUT2D eigenvalue weighted by atomic mass is 16.5. The summed E-state index contributed by atoms with van der Waals surface area (Å²) in [5.41, 5.74) is 1.89. The summed E-state index contributed by atoms with van der Waals surface area (Å²) in [5.74, 6) is 0.703. The Morgan fingerprint density at radius 2 is 1.45 bits per heavy atom. The number of benzene rings is 2. The van der Waals surface area contributed by atoms with Gasteiger partial charge in [0.05, 0.1) is 0 Å². The van der Waals surface area contributed by atoms with Crippen LogP contribution in [-0.2, 0) is 16.0 Å². The number of carbonyl (C=O) groups excluding carboxylic acids is 3. The normalized spacial score (nSPS) is 13.7. The van der Waals surface area contributed by atoms with Gasteiger partial charge in [-0.3, -0.25) is 14.4 Å². The van der Waals surface area contributed by atoms with Crippen molar-refractivity contribution in [3.05, 3.63) is 65.7 Å². The van der Waals surface area contributed by atoms with E-state index in [1.807, 2.05) is 30.0 Å². The molecule has 2 aromatic rings. The molecular weight excluding hydrogens is 392 g/mol. The fraction of sp³-hybridized carbons (Fsp3) is 0.400. The molecule has 0 radical (unpaired) electrons. The van der Waals surface area contributed by atoms with Gasteiger partial charge in [-0.1, -0.05) is 37.3 Å². The van der Waals surface area contributed by atoms with E-state index in [-0.39, 0.29) is 24.2 Å². The van der Waals surface area contributed by atoms with Crippen LogP contribution in [0.5, 0.6) is 5.75 Å². The first kappa shape index (κ1) is 22.5. The molecule has 0 saturated carbocycles. The van der Waals surface area contributed by atoms with Crippen molar-refractivity contribution in [3.8, 4) is 5.75 Å².